The summed E-state index contributed by atoms with van der Waals surface area (Å²) in [6, 6.07) is 0. The van der Waals surface area contributed by atoms with Gasteiger partial charge in [-0.2, -0.15) is 0 Å². The number of rotatable bonds is 23. The van der Waals surface area contributed by atoms with Crippen LogP contribution in [0.4, 0.5) is 0 Å². The molecule has 42 heavy (non-hydrogen) atoms. The molecule has 0 aromatic carbocycles. The minimum absolute atomic E-state index is 0.00919. The van der Waals surface area contributed by atoms with E-state index < -0.39 is 11.9 Å². The number of carboxylic acid groups (broad SMARTS) is 2. The van der Waals surface area contributed by atoms with Crippen molar-refractivity contribution in [3.63, 3.8) is 0 Å². The molecule has 0 spiro atoms. The molecule has 244 valence electrons. The molecule has 0 aliphatic heterocycles. The van der Waals surface area contributed by atoms with Crippen molar-refractivity contribution in [1.29, 1.82) is 0 Å². The largest absolute Gasteiger partial charge is 0.481 e. The minimum Gasteiger partial charge on any atom is -0.481 e. The van der Waals surface area contributed by atoms with Crippen LogP contribution in [0, 0.1) is 22.2 Å². The summed E-state index contributed by atoms with van der Waals surface area (Å²) in [4.78, 5) is 36.2. The Hall–Kier alpha value is -1.59. The molecule has 0 saturated heterocycles. The quantitative estimate of drug-likeness (QED) is 0.0904. The molecular weight excluding hydrogens is 528 g/mol. The Kier molecular flexibility index (Phi) is 15.9. The Morgan fingerprint density at radius 1 is 0.667 bits per heavy atom. The molecule has 2 aliphatic carbocycles. The third-order valence-corrected chi connectivity index (χ3v) is 10.4. The Balaban J connectivity index is 2.05. The fourth-order valence-corrected chi connectivity index (χ4v) is 8.86. The molecule has 2 bridgehead atoms. The van der Waals surface area contributed by atoms with Crippen LogP contribution in [-0.4, -0.2) is 34.2 Å². The van der Waals surface area contributed by atoms with Gasteiger partial charge in [0, 0.05) is 19.3 Å². The summed E-state index contributed by atoms with van der Waals surface area (Å²) in [6.45, 7) is 8.95. The second kappa shape index (κ2) is 18.3. The molecule has 2 rings (SSSR count). The van der Waals surface area contributed by atoms with E-state index in [0.29, 0.717) is 25.2 Å². The maximum atomic E-state index is 13.3. The van der Waals surface area contributed by atoms with Crippen LogP contribution in [-0.2, 0) is 19.1 Å². The third-order valence-electron chi connectivity index (χ3n) is 10.4. The molecule has 6 heteroatoms. The van der Waals surface area contributed by atoms with Crippen molar-refractivity contribution in [2.45, 2.75) is 188 Å². The number of carbonyl (C=O) groups excluding carboxylic acids is 1. The monoisotopic (exact) mass is 592 g/mol. The molecule has 2 N–H and O–H groups in total. The van der Waals surface area contributed by atoms with Crippen LogP contribution in [0.1, 0.15) is 182 Å². The number of aliphatic carboxylic acids is 2. The zero-order valence-corrected chi connectivity index (χ0v) is 27.7. The van der Waals surface area contributed by atoms with Gasteiger partial charge < -0.3 is 14.9 Å². The average molecular weight is 593 g/mol. The van der Waals surface area contributed by atoms with Gasteiger partial charge in [0.05, 0.1) is 0 Å². The highest BCUT2D eigenvalue weighted by atomic mass is 16.5. The van der Waals surface area contributed by atoms with E-state index in [1.54, 1.807) is 0 Å². The van der Waals surface area contributed by atoms with Gasteiger partial charge in [-0.3, -0.25) is 14.4 Å². The van der Waals surface area contributed by atoms with Crippen LogP contribution in [0.15, 0.2) is 0 Å². The van der Waals surface area contributed by atoms with Gasteiger partial charge >= 0.3 is 17.9 Å². The van der Waals surface area contributed by atoms with E-state index in [2.05, 4.69) is 27.7 Å². The molecule has 6 nitrogen and oxygen atoms in total. The summed E-state index contributed by atoms with van der Waals surface area (Å²) in [5.41, 5.74) is -0.175. The van der Waals surface area contributed by atoms with Crippen molar-refractivity contribution in [2.24, 2.45) is 22.2 Å². The zero-order valence-electron chi connectivity index (χ0n) is 27.7. The Labute approximate surface area is 257 Å². The number of esters is 1. The molecule has 0 aromatic rings. The van der Waals surface area contributed by atoms with Crippen molar-refractivity contribution in [2.75, 3.05) is 0 Å². The van der Waals surface area contributed by atoms with Gasteiger partial charge in [0.2, 0.25) is 0 Å². The zero-order chi connectivity index (χ0) is 31.1. The summed E-state index contributed by atoms with van der Waals surface area (Å²) in [5.74, 6) is -1.13. The van der Waals surface area contributed by atoms with Crippen LogP contribution < -0.4 is 0 Å². The molecule has 0 aromatic heterocycles. The Morgan fingerprint density at radius 2 is 1.12 bits per heavy atom. The number of carboxylic acids is 2. The van der Waals surface area contributed by atoms with E-state index in [0.717, 1.165) is 64.2 Å². The van der Waals surface area contributed by atoms with Gasteiger partial charge in [-0.1, -0.05) is 85.5 Å². The summed E-state index contributed by atoms with van der Waals surface area (Å²) in [6.07, 6.45) is 23.1. The predicted octanol–water partition coefficient (Wildman–Crippen LogP) is 10.1. The normalized spacial score (nSPS) is 27.9. The van der Waals surface area contributed by atoms with E-state index >= 15 is 0 Å². The number of hydrogen-bond donors (Lipinski definition) is 2. The number of unbranched alkanes of at least 4 members (excludes halogenated alkanes) is 9. The van der Waals surface area contributed by atoms with Crippen molar-refractivity contribution < 1.29 is 29.3 Å². The fraction of sp³-hybridized carbons (Fsp3) is 0.917. The number of fused-ring (bicyclic) bond motifs is 2. The molecule has 0 heterocycles. The van der Waals surface area contributed by atoms with Crippen LogP contribution in [0.2, 0.25) is 0 Å². The van der Waals surface area contributed by atoms with Gasteiger partial charge in [0.1, 0.15) is 6.10 Å². The van der Waals surface area contributed by atoms with Crippen molar-refractivity contribution in [1.82, 2.24) is 0 Å². The van der Waals surface area contributed by atoms with Crippen LogP contribution in [0.3, 0.4) is 0 Å². The smallest absolute Gasteiger partial charge is 0.306 e. The molecule has 2 aliphatic rings. The van der Waals surface area contributed by atoms with Gasteiger partial charge in [-0.25, -0.2) is 0 Å². The first-order valence-corrected chi connectivity index (χ1v) is 17.6. The summed E-state index contributed by atoms with van der Waals surface area (Å²) < 4.78 is 6.18. The molecular formula is C36H64O6. The standard InChI is InChI=1S/C36H64O6/c1-5-7-9-11-13-15-17-30(16-14-12-10-8-6-2)42-33(41)20-23-36-26-29(24-34(3,27-36)21-18-31(37)38)25-35(4,28-36)22-19-32(39)40/h29-30H,5-28H2,1-4H3,(H,37,38)(H,39,40). The summed E-state index contributed by atoms with van der Waals surface area (Å²) in [5, 5.41) is 18.8. The van der Waals surface area contributed by atoms with E-state index in [4.69, 9.17) is 4.74 Å². The Bertz CT molecular complexity index is 788. The summed E-state index contributed by atoms with van der Waals surface area (Å²) in [7, 11) is 0. The molecule has 2 fully saturated rings. The number of hydrogen-bond acceptors (Lipinski definition) is 4. The lowest BCUT2D eigenvalue weighted by molar-refractivity contribution is -0.152. The van der Waals surface area contributed by atoms with E-state index in [-0.39, 0.29) is 41.2 Å². The lowest BCUT2D eigenvalue weighted by atomic mass is 9.47. The van der Waals surface area contributed by atoms with Crippen LogP contribution in [0.25, 0.3) is 0 Å². The summed E-state index contributed by atoms with van der Waals surface area (Å²) >= 11 is 0. The molecule has 2 saturated carbocycles. The van der Waals surface area contributed by atoms with Gasteiger partial charge in [0.25, 0.3) is 0 Å². The number of carbonyl (C=O) groups is 3. The van der Waals surface area contributed by atoms with Crippen LogP contribution >= 0.6 is 0 Å². The van der Waals surface area contributed by atoms with Gasteiger partial charge in [-0.05, 0) is 99.2 Å². The number of ether oxygens (including phenoxy) is 1. The van der Waals surface area contributed by atoms with Crippen LogP contribution in [0.5, 0.6) is 0 Å². The fourth-order valence-electron chi connectivity index (χ4n) is 8.86. The lowest BCUT2D eigenvalue weighted by Gasteiger charge is -2.58. The highest BCUT2D eigenvalue weighted by Gasteiger charge is 2.53. The van der Waals surface area contributed by atoms with Crippen molar-refractivity contribution in [3.05, 3.63) is 0 Å². The maximum absolute atomic E-state index is 13.3. The third kappa shape index (κ3) is 13.8. The maximum Gasteiger partial charge on any atom is 0.306 e. The van der Waals surface area contributed by atoms with E-state index in [1.807, 2.05) is 0 Å². The molecule has 0 amide bonds. The van der Waals surface area contributed by atoms with Crippen molar-refractivity contribution in [3.8, 4) is 0 Å². The first-order chi connectivity index (χ1) is 19.9. The highest BCUT2D eigenvalue weighted by Crippen LogP contribution is 2.64. The molecule has 0 radical (unpaired) electrons. The first kappa shape index (κ1) is 36.6. The lowest BCUT2D eigenvalue weighted by Crippen LogP contribution is -2.48. The van der Waals surface area contributed by atoms with E-state index in [9.17, 15) is 24.6 Å². The topological polar surface area (TPSA) is 101 Å². The second-order valence-electron chi connectivity index (χ2n) is 15.1. The van der Waals surface area contributed by atoms with E-state index in [1.165, 1.54) is 57.8 Å². The van der Waals surface area contributed by atoms with Gasteiger partial charge in [0.15, 0.2) is 0 Å². The first-order valence-electron chi connectivity index (χ1n) is 17.6. The van der Waals surface area contributed by atoms with Crippen molar-refractivity contribution >= 4 is 17.9 Å². The SMILES string of the molecule is CCCCCCCCC(CCCCCCC)OC(=O)CCC12CC(CC(C)(CCC(=O)O)C1)CC(C)(CCC(=O)O)C2. The molecule has 3 atom stereocenters. The minimum atomic E-state index is -0.748. The Morgan fingerprint density at radius 3 is 1.57 bits per heavy atom. The average Bonchev–Trinajstić information content (AvgIpc) is 2.90. The highest BCUT2D eigenvalue weighted by molar-refractivity contribution is 5.69. The molecule has 3 unspecified atom stereocenters. The predicted molar refractivity (Wildman–Crippen MR) is 169 cm³/mol. The second-order valence-corrected chi connectivity index (χ2v) is 15.1. The van der Waals surface area contributed by atoms with Gasteiger partial charge in [-0.15, -0.1) is 0 Å².